The molecule has 7 atom stereocenters. The number of fused-ring (bicyclic) bond motifs is 2. The molecule has 2 fully saturated rings. The Labute approximate surface area is 229 Å². The molecule has 2 unspecified atom stereocenters. The third-order valence-corrected chi connectivity index (χ3v) is 10.2. The highest BCUT2D eigenvalue weighted by Crippen LogP contribution is 2.62. The number of rotatable bonds is 6. The zero-order valence-electron chi connectivity index (χ0n) is 22.2. The van der Waals surface area contributed by atoms with Crippen molar-refractivity contribution in [3.8, 4) is 0 Å². The van der Waals surface area contributed by atoms with Gasteiger partial charge in [-0.05, 0) is 38.2 Å². The SMILES string of the molecule is CCCC(C)N1CC=C[C@]23S[C@H]4/C=C\CCCCOC(=O)[C@H]4[C@H]2C(=O)N([C@H](CO)c2ccccc2)C3C1=O. The Balaban J connectivity index is 1.65. The number of esters is 1. The first-order valence-electron chi connectivity index (χ1n) is 13.9. The number of ether oxygens (including phenoxy) is 1. The van der Waals surface area contributed by atoms with Gasteiger partial charge in [0.1, 0.15) is 6.04 Å². The highest BCUT2D eigenvalue weighted by atomic mass is 32.2. The number of hydrogen-bond donors (Lipinski definition) is 1. The van der Waals surface area contributed by atoms with Crippen molar-refractivity contribution in [2.45, 2.75) is 74.1 Å². The standard InChI is InChI=1S/C30H38N2O5S/c1-3-12-20(2)31-17-11-16-30-25(24-23(38-30)15-9-4-5-10-18-37-29(24)36)27(34)32(26(30)28(31)35)22(19-33)21-13-7-6-8-14-21/h6-9,11,13-16,20,22-26,33H,3-5,10,12,17-19H2,1-2H3/b15-9-/t20?,22-,23+,24-,25+,26?,30+/m1/s1. The first kappa shape index (κ1) is 27.0. The summed E-state index contributed by atoms with van der Waals surface area (Å²) in [7, 11) is 0. The zero-order chi connectivity index (χ0) is 26.9. The monoisotopic (exact) mass is 538 g/mol. The van der Waals surface area contributed by atoms with Crippen LogP contribution in [0.25, 0.3) is 0 Å². The number of thioether (sulfide) groups is 1. The van der Waals surface area contributed by atoms with Crippen LogP contribution < -0.4 is 0 Å². The van der Waals surface area contributed by atoms with Gasteiger partial charge in [0.15, 0.2) is 0 Å². The van der Waals surface area contributed by atoms with Crippen LogP contribution in [0.1, 0.15) is 57.6 Å². The van der Waals surface area contributed by atoms with E-state index in [-0.39, 0.29) is 35.7 Å². The Morgan fingerprint density at radius 1 is 1.13 bits per heavy atom. The molecule has 4 aliphatic rings. The molecule has 1 aromatic carbocycles. The topological polar surface area (TPSA) is 87.2 Å². The van der Waals surface area contributed by atoms with Crippen molar-refractivity contribution >= 4 is 29.5 Å². The highest BCUT2D eigenvalue weighted by molar-refractivity contribution is 8.02. The van der Waals surface area contributed by atoms with Gasteiger partial charge in [0, 0.05) is 17.8 Å². The van der Waals surface area contributed by atoms with Gasteiger partial charge in [-0.1, -0.05) is 68.0 Å². The first-order valence-corrected chi connectivity index (χ1v) is 14.8. The molecule has 0 bridgehead atoms. The summed E-state index contributed by atoms with van der Waals surface area (Å²) < 4.78 is 4.77. The second kappa shape index (κ2) is 11.3. The number of nitrogens with zero attached hydrogens (tertiary/aromatic N) is 2. The molecule has 1 spiro atoms. The Kier molecular flexibility index (Phi) is 8.00. The summed E-state index contributed by atoms with van der Waals surface area (Å²) >= 11 is 1.55. The molecule has 0 radical (unpaired) electrons. The van der Waals surface area contributed by atoms with E-state index in [1.165, 1.54) is 0 Å². The van der Waals surface area contributed by atoms with E-state index >= 15 is 0 Å². The van der Waals surface area contributed by atoms with Gasteiger partial charge in [-0.3, -0.25) is 14.4 Å². The molecule has 8 heteroatoms. The summed E-state index contributed by atoms with van der Waals surface area (Å²) in [6.07, 6.45) is 12.6. The second-order valence-electron chi connectivity index (χ2n) is 10.8. The minimum Gasteiger partial charge on any atom is -0.465 e. The molecule has 5 rings (SSSR count). The minimum atomic E-state index is -0.927. The molecule has 1 N–H and O–H groups in total. The Bertz CT molecular complexity index is 1110. The van der Waals surface area contributed by atoms with Crippen LogP contribution in [-0.4, -0.2) is 74.5 Å². The van der Waals surface area contributed by atoms with Gasteiger partial charge >= 0.3 is 5.97 Å². The summed E-state index contributed by atoms with van der Waals surface area (Å²) in [5.74, 6) is -2.19. The summed E-state index contributed by atoms with van der Waals surface area (Å²) in [6, 6.07) is 7.85. The van der Waals surface area contributed by atoms with Crippen LogP contribution in [0.5, 0.6) is 0 Å². The fourth-order valence-corrected chi connectivity index (χ4v) is 8.70. The normalized spacial score (nSPS) is 33.6. The predicted molar refractivity (Wildman–Crippen MR) is 147 cm³/mol. The van der Waals surface area contributed by atoms with Crippen LogP contribution in [0.4, 0.5) is 0 Å². The van der Waals surface area contributed by atoms with Gasteiger partial charge in [0.2, 0.25) is 11.8 Å². The lowest BCUT2D eigenvalue weighted by molar-refractivity contribution is -0.154. The van der Waals surface area contributed by atoms with Crippen molar-refractivity contribution in [2.24, 2.45) is 11.8 Å². The molecule has 0 aromatic heterocycles. The lowest BCUT2D eigenvalue weighted by Crippen LogP contribution is -2.55. The van der Waals surface area contributed by atoms with Crippen molar-refractivity contribution in [2.75, 3.05) is 19.8 Å². The van der Waals surface area contributed by atoms with Gasteiger partial charge < -0.3 is 19.6 Å². The van der Waals surface area contributed by atoms with Crippen molar-refractivity contribution in [3.63, 3.8) is 0 Å². The van der Waals surface area contributed by atoms with Crippen LogP contribution >= 0.6 is 11.8 Å². The summed E-state index contributed by atoms with van der Waals surface area (Å²) in [4.78, 5) is 46.0. The van der Waals surface area contributed by atoms with E-state index in [0.29, 0.717) is 13.2 Å². The third kappa shape index (κ3) is 4.49. The largest absolute Gasteiger partial charge is 0.465 e. The molecule has 2 amide bonds. The number of amides is 2. The van der Waals surface area contributed by atoms with Gasteiger partial charge in [-0.15, -0.1) is 11.8 Å². The number of allylic oxidation sites excluding steroid dienone is 1. The molecule has 204 valence electrons. The van der Waals surface area contributed by atoms with E-state index in [4.69, 9.17) is 4.74 Å². The fourth-order valence-electron chi connectivity index (χ4n) is 6.71. The van der Waals surface area contributed by atoms with Crippen molar-refractivity contribution < 1.29 is 24.2 Å². The Morgan fingerprint density at radius 2 is 1.92 bits per heavy atom. The Morgan fingerprint density at radius 3 is 2.66 bits per heavy atom. The van der Waals surface area contributed by atoms with E-state index in [1.807, 2.05) is 53.5 Å². The van der Waals surface area contributed by atoms with Gasteiger partial charge in [0.05, 0.1) is 35.8 Å². The number of cyclic esters (lactones) is 1. The number of carbonyl (C=O) groups excluding carboxylic acids is 3. The van der Waals surface area contributed by atoms with E-state index in [0.717, 1.165) is 37.7 Å². The molecule has 38 heavy (non-hydrogen) atoms. The first-order chi connectivity index (χ1) is 18.4. The lowest BCUT2D eigenvalue weighted by Gasteiger charge is -2.40. The summed E-state index contributed by atoms with van der Waals surface area (Å²) in [5, 5.41) is 10.4. The molecular formula is C30H38N2O5S. The summed E-state index contributed by atoms with van der Waals surface area (Å²) in [6.45, 7) is 4.62. The maximum Gasteiger partial charge on any atom is 0.311 e. The fraction of sp³-hybridized carbons (Fsp3) is 0.567. The van der Waals surface area contributed by atoms with E-state index in [2.05, 4.69) is 19.9 Å². The number of aliphatic hydroxyl groups excluding tert-OH is 1. The summed E-state index contributed by atoms with van der Waals surface area (Å²) in [5.41, 5.74) is 0.766. The van der Waals surface area contributed by atoms with Crippen molar-refractivity contribution in [3.05, 3.63) is 60.2 Å². The van der Waals surface area contributed by atoms with Crippen LogP contribution in [0, 0.1) is 11.8 Å². The molecule has 4 heterocycles. The van der Waals surface area contributed by atoms with Gasteiger partial charge in [-0.2, -0.15) is 0 Å². The average molecular weight is 539 g/mol. The quantitative estimate of drug-likeness (QED) is 0.437. The van der Waals surface area contributed by atoms with Crippen molar-refractivity contribution in [1.29, 1.82) is 0 Å². The Hall–Kier alpha value is -2.58. The second-order valence-corrected chi connectivity index (χ2v) is 12.3. The molecule has 7 nitrogen and oxygen atoms in total. The van der Waals surface area contributed by atoms with Crippen LogP contribution in [0.3, 0.4) is 0 Å². The number of likely N-dealkylation sites (tertiary alicyclic amines) is 1. The predicted octanol–water partition coefficient (Wildman–Crippen LogP) is 3.89. The zero-order valence-corrected chi connectivity index (χ0v) is 23.0. The molecule has 2 saturated heterocycles. The van der Waals surface area contributed by atoms with Crippen LogP contribution in [0.15, 0.2) is 54.6 Å². The number of benzene rings is 1. The number of carbonyl (C=O) groups is 3. The molecule has 4 aliphatic heterocycles. The average Bonchev–Trinajstić information content (AvgIpc) is 3.30. The third-order valence-electron chi connectivity index (χ3n) is 8.50. The smallest absolute Gasteiger partial charge is 0.311 e. The molecule has 1 aromatic rings. The highest BCUT2D eigenvalue weighted by Gasteiger charge is 2.71. The van der Waals surface area contributed by atoms with Crippen LogP contribution in [0.2, 0.25) is 0 Å². The maximum absolute atomic E-state index is 14.5. The maximum atomic E-state index is 14.5. The number of hydrogen-bond acceptors (Lipinski definition) is 6. The van der Waals surface area contributed by atoms with E-state index in [9.17, 15) is 19.5 Å². The van der Waals surface area contributed by atoms with E-state index < -0.39 is 28.7 Å². The molecule has 0 saturated carbocycles. The van der Waals surface area contributed by atoms with Crippen molar-refractivity contribution in [1.82, 2.24) is 9.80 Å². The van der Waals surface area contributed by atoms with E-state index in [1.54, 1.807) is 16.7 Å². The van der Waals surface area contributed by atoms with Crippen LogP contribution in [-0.2, 0) is 19.1 Å². The molecule has 0 aliphatic carbocycles. The lowest BCUT2D eigenvalue weighted by atomic mass is 9.78. The molecular weight excluding hydrogens is 500 g/mol. The minimum absolute atomic E-state index is 0.00423. The van der Waals surface area contributed by atoms with Gasteiger partial charge in [0.25, 0.3) is 0 Å². The number of aliphatic hydroxyl groups is 1. The van der Waals surface area contributed by atoms with Gasteiger partial charge in [-0.25, -0.2) is 0 Å².